The molecule has 0 saturated carbocycles. The number of benzene rings is 2. The number of hydrogen-bond donors (Lipinski definition) is 0. The van der Waals surface area contributed by atoms with Crippen LogP contribution in [0.2, 0.25) is 0 Å². The van der Waals surface area contributed by atoms with Crippen molar-refractivity contribution in [3.63, 3.8) is 0 Å². The molecule has 6 nitrogen and oxygen atoms in total. The van der Waals surface area contributed by atoms with Crippen molar-refractivity contribution in [1.82, 2.24) is 0 Å². The fourth-order valence-electron chi connectivity index (χ4n) is 3.88. The van der Waals surface area contributed by atoms with E-state index in [1.807, 2.05) is 52.0 Å². The standard InChI is InChI=1S/C29H40O6/c1-9-19-34-23-17-15-21(25(30-11-3)27(23)32-13-5)29(7,8)22-16-18-24(35-20-10-2)28(33-14-6)26(22)31-12-4/h9-10,15-18H,1-2,11-14,19-20H2,3-8H3. The van der Waals surface area contributed by atoms with Gasteiger partial charge in [-0.2, -0.15) is 0 Å². The van der Waals surface area contributed by atoms with Gasteiger partial charge in [0, 0.05) is 16.5 Å². The summed E-state index contributed by atoms with van der Waals surface area (Å²) in [5.74, 6) is 3.68. The van der Waals surface area contributed by atoms with Crippen molar-refractivity contribution in [1.29, 1.82) is 0 Å². The van der Waals surface area contributed by atoms with Crippen LogP contribution in [0.5, 0.6) is 34.5 Å². The molecule has 0 saturated heterocycles. The lowest BCUT2D eigenvalue weighted by molar-refractivity contribution is 0.257. The summed E-state index contributed by atoms with van der Waals surface area (Å²) < 4.78 is 36.1. The van der Waals surface area contributed by atoms with Gasteiger partial charge in [-0.25, -0.2) is 0 Å². The summed E-state index contributed by atoms with van der Waals surface area (Å²) in [5.41, 5.74) is 1.34. The third-order valence-electron chi connectivity index (χ3n) is 5.37. The highest BCUT2D eigenvalue weighted by Crippen LogP contribution is 2.51. The molecule has 0 atom stereocenters. The quantitative estimate of drug-likeness (QED) is 0.246. The van der Waals surface area contributed by atoms with Crippen molar-refractivity contribution in [2.24, 2.45) is 0 Å². The van der Waals surface area contributed by atoms with E-state index in [9.17, 15) is 0 Å². The Labute approximate surface area is 210 Å². The van der Waals surface area contributed by atoms with Gasteiger partial charge < -0.3 is 28.4 Å². The van der Waals surface area contributed by atoms with E-state index in [1.54, 1.807) is 12.2 Å². The van der Waals surface area contributed by atoms with E-state index in [1.165, 1.54) is 0 Å². The Kier molecular flexibility index (Phi) is 10.8. The summed E-state index contributed by atoms with van der Waals surface area (Å²) in [6.45, 7) is 22.2. The maximum atomic E-state index is 6.16. The Bertz CT molecular complexity index is 902. The molecule has 0 aliphatic carbocycles. The van der Waals surface area contributed by atoms with Gasteiger partial charge in [0.15, 0.2) is 23.0 Å². The molecule has 0 heterocycles. The van der Waals surface area contributed by atoms with Gasteiger partial charge in [-0.15, -0.1) is 0 Å². The smallest absolute Gasteiger partial charge is 0.203 e. The first-order valence-electron chi connectivity index (χ1n) is 12.2. The first kappa shape index (κ1) is 28.0. The van der Waals surface area contributed by atoms with E-state index in [0.717, 1.165) is 11.1 Å². The van der Waals surface area contributed by atoms with Crippen molar-refractivity contribution in [3.05, 3.63) is 60.7 Å². The summed E-state index contributed by atoms with van der Waals surface area (Å²) >= 11 is 0. The first-order valence-corrected chi connectivity index (χ1v) is 12.2. The predicted octanol–water partition coefficient (Wildman–Crippen LogP) is 6.74. The summed E-state index contributed by atoms with van der Waals surface area (Å²) in [6.07, 6.45) is 3.40. The predicted molar refractivity (Wildman–Crippen MR) is 141 cm³/mol. The maximum absolute atomic E-state index is 6.16. The van der Waals surface area contributed by atoms with Crippen LogP contribution in [-0.4, -0.2) is 39.6 Å². The molecule has 0 unspecified atom stereocenters. The highest BCUT2D eigenvalue weighted by Gasteiger charge is 2.35. The second-order valence-electron chi connectivity index (χ2n) is 8.10. The highest BCUT2D eigenvalue weighted by atomic mass is 16.5. The highest BCUT2D eigenvalue weighted by molar-refractivity contribution is 5.64. The second-order valence-corrected chi connectivity index (χ2v) is 8.10. The zero-order chi connectivity index (χ0) is 25.8. The lowest BCUT2D eigenvalue weighted by atomic mass is 9.76. The van der Waals surface area contributed by atoms with Crippen molar-refractivity contribution in [3.8, 4) is 34.5 Å². The van der Waals surface area contributed by atoms with Gasteiger partial charge >= 0.3 is 0 Å². The van der Waals surface area contributed by atoms with E-state index < -0.39 is 5.41 Å². The van der Waals surface area contributed by atoms with Gasteiger partial charge in [0.05, 0.1) is 26.4 Å². The van der Waals surface area contributed by atoms with Crippen LogP contribution in [0, 0.1) is 0 Å². The third kappa shape index (κ3) is 6.44. The van der Waals surface area contributed by atoms with E-state index in [-0.39, 0.29) is 0 Å². The minimum Gasteiger partial charge on any atom is -0.490 e. The Balaban J connectivity index is 2.77. The molecular formula is C29H40O6. The Morgan fingerprint density at radius 1 is 0.571 bits per heavy atom. The van der Waals surface area contributed by atoms with Crippen LogP contribution in [0.4, 0.5) is 0 Å². The first-order chi connectivity index (χ1) is 16.9. The molecule has 0 bridgehead atoms. The zero-order valence-electron chi connectivity index (χ0n) is 22.1. The largest absolute Gasteiger partial charge is 0.490 e. The van der Waals surface area contributed by atoms with E-state index in [4.69, 9.17) is 28.4 Å². The fraction of sp³-hybridized carbons (Fsp3) is 0.448. The van der Waals surface area contributed by atoms with Crippen LogP contribution in [0.25, 0.3) is 0 Å². The maximum Gasteiger partial charge on any atom is 0.203 e. The number of rotatable bonds is 16. The Morgan fingerprint density at radius 3 is 1.23 bits per heavy atom. The Hall–Kier alpha value is -3.28. The molecule has 0 spiro atoms. The van der Waals surface area contributed by atoms with Crippen molar-refractivity contribution >= 4 is 0 Å². The minimum atomic E-state index is -0.541. The van der Waals surface area contributed by atoms with Gasteiger partial charge in [0.2, 0.25) is 11.5 Å². The molecule has 0 aromatic heterocycles. The normalized spacial score (nSPS) is 10.9. The molecule has 2 aromatic rings. The van der Waals surface area contributed by atoms with Crippen LogP contribution in [-0.2, 0) is 5.41 Å². The van der Waals surface area contributed by atoms with Crippen molar-refractivity contribution in [2.75, 3.05) is 39.6 Å². The van der Waals surface area contributed by atoms with E-state index in [2.05, 4.69) is 27.0 Å². The van der Waals surface area contributed by atoms with Crippen molar-refractivity contribution < 1.29 is 28.4 Å². The van der Waals surface area contributed by atoms with Crippen LogP contribution >= 0.6 is 0 Å². The molecule has 0 aliphatic heterocycles. The van der Waals surface area contributed by atoms with Gasteiger partial charge in [-0.3, -0.25) is 0 Å². The summed E-state index contributed by atoms with van der Waals surface area (Å²) in [5, 5.41) is 0. The SMILES string of the molecule is C=CCOc1ccc(C(C)(C)c2ccc(OCC=C)c(OCC)c2OCC)c(OCC)c1OCC. The molecule has 192 valence electrons. The monoisotopic (exact) mass is 484 g/mol. The van der Waals surface area contributed by atoms with Crippen molar-refractivity contribution in [2.45, 2.75) is 47.0 Å². The van der Waals surface area contributed by atoms with E-state index >= 15 is 0 Å². The molecule has 0 fully saturated rings. The molecule has 35 heavy (non-hydrogen) atoms. The molecule has 2 aromatic carbocycles. The zero-order valence-corrected chi connectivity index (χ0v) is 22.1. The average Bonchev–Trinajstić information content (AvgIpc) is 2.84. The minimum absolute atomic E-state index is 0.368. The summed E-state index contributed by atoms with van der Waals surface area (Å²) in [7, 11) is 0. The molecular weight excluding hydrogens is 444 g/mol. The number of hydrogen-bond acceptors (Lipinski definition) is 6. The summed E-state index contributed by atoms with van der Waals surface area (Å²) in [4.78, 5) is 0. The van der Waals surface area contributed by atoms with Crippen LogP contribution in [0.3, 0.4) is 0 Å². The molecule has 0 amide bonds. The number of ether oxygens (including phenoxy) is 6. The van der Waals surface area contributed by atoms with Gasteiger partial charge in [0.25, 0.3) is 0 Å². The molecule has 0 aliphatic rings. The topological polar surface area (TPSA) is 55.4 Å². The van der Waals surface area contributed by atoms with Crippen LogP contribution in [0.1, 0.15) is 52.7 Å². The third-order valence-corrected chi connectivity index (χ3v) is 5.37. The lowest BCUT2D eigenvalue weighted by Crippen LogP contribution is -2.23. The van der Waals surface area contributed by atoms with Gasteiger partial charge in [-0.05, 0) is 39.8 Å². The average molecular weight is 485 g/mol. The molecule has 2 rings (SSSR count). The van der Waals surface area contributed by atoms with E-state index in [0.29, 0.717) is 74.1 Å². The van der Waals surface area contributed by atoms with Crippen LogP contribution < -0.4 is 28.4 Å². The van der Waals surface area contributed by atoms with Gasteiger partial charge in [-0.1, -0.05) is 51.3 Å². The second kappa shape index (κ2) is 13.6. The Morgan fingerprint density at radius 2 is 0.914 bits per heavy atom. The lowest BCUT2D eigenvalue weighted by Gasteiger charge is -2.32. The molecule has 0 N–H and O–H groups in total. The van der Waals surface area contributed by atoms with Crippen LogP contribution in [0.15, 0.2) is 49.6 Å². The van der Waals surface area contributed by atoms with Gasteiger partial charge in [0.1, 0.15) is 13.2 Å². The fourth-order valence-corrected chi connectivity index (χ4v) is 3.88. The summed E-state index contributed by atoms with van der Waals surface area (Å²) in [6, 6.07) is 7.87. The molecule has 6 heteroatoms. The molecule has 0 radical (unpaired) electrons.